The molecule has 0 aromatic heterocycles. The van der Waals surface area contributed by atoms with Crippen LogP contribution >= 0.6 is 0 Å². The molecule has 19 heavy (non-hydrogen) atoms. The number of nitrogens with zero attached hydrogens (tertiary/aromatic N) is 1. The summed E-state index contributed by atoms with van der Waals surface area (Å²) in [5, 5.41) is 11.9. The third kappa shape index (κ3) is 6.80. The summed E-state index contributed by atoms with van der Waals surface area (Å²) < 4.78 is 10.8. The minimum Gasteiger partial charge on any atom is -0.478 e. The maximum absolute atomic E-state index is 8.53. The maximum Gasteiger partial charge on any atom is 0.174 e. The highest BCUT2D eigenvalue weighted by Gasteiger charge is 2.01. The van der Waals surface area contributed by atoms with E-state index in [2.05, 4.69) is 12.2 Å². The lowest BCUT2D eigenvalue weighted by molar-refractivity contribution is 0.132. The topological polar surface area (TPSA) is 54.3 Å². The second-order valence-corrected chi connectivity index (χ2v) is 4.20. The summed E-state index contributed by atoms with van der Waals surface area (Å²) in [6.45, 7) is 5.49. The summed E-state index contributed by atoms with van der Waals surface area (Å²) in [6.07, 6.45) is 2.07. The molecule has 0 saturated heterocycles. The summed E-state index contributed by atoms with van der Waals surface area (Å²) in [4.78, 5) is 0. The molecule has 0 aliphatic carbocycles. The second kappa shape index (κ2) is 10.4. The molecule has 1 aromatic carbocycles. The number of benzene rings is 1. The highest BCUT2D eigenvalue weighted by atomic mass is 16.5. The fourth-order valence-electron chi connectivity index (χ4n) is 1.67. The van der Waals surface area contributed by atoms with Crippen molar-refractivity contribution in [3.8, 4) is 11.8 Å². The standard InChI is InChI=1S/C15H22N2O2/c1-2-10-18-11-5-9-17-13-14-6-3-4-7-15(14)19-12-8-16/h3-4,6-7,17H,2,5,9-13H2,1H3. The van der Waals surface area contributed by atoms with E-state index in [0.29, 0.717) is 0 Å². The van der Waals surface area contributed by atoms with Crippen molar-refractivity contribution in [2.45, 2.75) is 26.3 Å². The average molecular weight is 262 g/mol. The van der Waals surface area contributed by atoms with Gasteiger partial charge in [0.2, 0.25) is 0 Å². The highest BCUT2D eigenvalue weighted by Crippen LogP contribution is 2.17. The molecule has 1 rings (SSSR count). The third-order valence-corrected chi connectivity index (χ3v) is 2.57. The molecular formula is C15H22N2O2. The lowest BCUT2D eigenvalue weighted by Gasteiger charge is -2.10. The van der Waals surface area contributed by atoms with Crippen LogP contribution in [0, 0.1) is 11.3 Å². The molecule has 0 amide bonds. The van der Waals surface area contributed by atoms with Gasteiger partial charge in [-0.05, 0) is 25.5 Å². The number of hydrogen-bond acceptors (Lipinski definition) is 4. The predicted molar refractivity (Wildman–Crippen MR) is 75.0 cm³/mol. The van der Waals surface area contributed by atoms with Crippen molar-refractivity contribution in [2.75, 3.05) is 26.4 Å². The van der Waals surface area contributed by atoms with Crippen LogP contribution in [0.5, 0.6) is 5.75 Å². The van der Waals surface area contributed by atoms with Crippen LogP contribution in [0.1, 0.15) is 25.3 Å². The Bertz CT molecular complexity index is 388. The van der Waals surface area contributed by atoms with Crippen molar-refractivity contribution in [3.05, 3.63) is 29.8 Å². The molecule has 0 heterocycles. The fourth-order valence-corrected chi connectivity index (χ4v) is 1.67. The number of hydrogen-bond donors (Lipinski definition) is 1. The summed E-state index contributed by atoms with van der Waals surface area (Å²) in [6, 6.07) is 9.76. The van der Waals surface area contributed by atoms with Gasteiger partial charge in [0.15, 0.2) is 6.61 Å². The predicted octanol–water partition coefficient (Wildman–Crippen LogP) is 2.50. The number of ether oxygens (including phenoxy) is 2. The van der Waals surface area contributed by atoms with E-state index in [1.54, 1.807) is 0 Å². The molecule has 104 valence electrons. The van der Waals surface area contributed by atoms with Gasteiger partial charge in [-0.15, -0.1) is 0 Å². The Morgan fingerprint density at radius 2 is 2.11 bits per heavy atom. The van der Waals surface area contributed by atoms with Crippen molar-refractivity contribution in [2.24, 2.45) is 0 Å². The molecule has 0 radical (unpaired) electrons. The van der Waals surface area contributed by atoms with Gasteiger partial charge < -0.3 is 14.8 Å². The van der Waals surface area contributed by atoms with Gasteiger partial charge in [0, 0.05) is 25.3 Å². The molecule has 4 nitrogen and oxygen atoms in total. The van der Waals surface area contributed by atoms with Gasteiger partial charge in [0.1, 0.15) is 11.8 Å². The first kappa shape index (κ1) is 15.5. The van der Waals surface area contributed by atoms with E-state index in [9.17, 15) is 0 Å². The molecule has 1 aromatic rings. The van der Waals surface area contributed by atoms with E-state index in [0.717, 1.165) is 50.5 Å². The SMILES string of the molecule is CCCOCCCNCc1ccccc1OCC#N. The summed E-state index contributed by atoms with van der Waals surface area (Å²) in [5.41, 5.74) is 1.08. The minimum atomic E-state index is 0.0852. The van der Waals surface area contributed by atoms with Gasteiger partial charge >= 0.3 is 0 Å². The Balaban J connectivity index is 2.23. The zero-order valence-electron chi connectivity index (χ0n) is 11.5. The highest BCUT2D eigenvalue weighted by molar-refractivity contribution is 5.33. The Morgan fingerprint density at radius 3 is 2.89 bits per heavy atom. The Morgan fingerprint density at radius 1 is 1.26 bits per heavy atom. The Labute approximate surface area is 115 Å². The van der Waals surface area contributed by atoms with Crippen molar-refractivity contribution >= 4 is 0 Å². The lowest BCUT2D eigenvalue weighted by atomic mass is 10.2. The van der Waals surface area contributed by atoms with E-state index in [1.165, 1.54) is 0 Å². The van der Waals surface area contributed by atoms with Gasteiger partial charge in [-0.3, -0.25) is 0 Å². The summed E-state index contributed by atoms with van der Waals surface area (Å²) in [7, 11) is 0. The van der Waals surface area contributed by atoms with Crippen molar-refractivity contribution in [3.63, 3.8) is 0 Å². The molecule has 1 N–H and O–H groups in total. The zero-order valence-corrected chi connectivity index (χ0v) is 11.5. The van der Waals surface area contributed by atoms with Crippen molar-refractivity contribution in [1.82, 2.24) is 5.32 Å². The molecule has 0 bridgehead atoms. The first-order valence-electron chi connectivity index (χ1n) is 6.74. The molecule has 0 spiro atoms. The fraction of sp³-hybridized carbons (Fsp3) is 0.533. The van der Waals surface area contributed by atoms with Crippen LogP contribution in [0.2, 0.25) is 0 Å². The van der Waals surface area contributed by atoms with Crippen LogP contribution in [0.25, 0.3) is 0 Å². The second-order valence-electron chi connectivity index (χ2n) is 4.20. The number of nitriles is 1. The van der Waals surface area contributed by atoms with Crippen LogP contribution < -0.4 is 10.1 Å². The van der Waals surface area contributed by atoms with Gasteiger partial charge in [-0.1, -0.05) is 25.1 Å². The van der Waals surface area contributed by atoms with E-state index in [1.807, 2.05) is 30.3 Å². The number of rotatable bonds is 10. The van der Waals surface area contributed by atoms with Crippen molar-refractivity contribution in [1.29, 1.82) is 5.26 Å². The van der Waals surface area contributed by atoms with Gasteiger partial charge in [-0.2, -0.15) is 5.26 Å². The molecule has 0 aliphatic rings. The molecule has 4 heteroatoms. The third-order valence-electron chi connectivity index (χ3n) is 2.57. The van der Waals surface area contributed by atoms with E-state index in [-0.39, 0.29) is 6.61 Å². The molecule has 0 saturated carbocycles. The van der Waals surface area contributed by atoms with Gasteiger partial charge in [-0.25, -0.2) is 0 Å². The van der Waals surface area contributed by atoms with E-state index in [4.69, 9.17) is 14.7 Å². The summed E-state index contributed by atoms with van der Waals surface area (Å²) >= 11 is 0. The van der Waals surface area contributed by atoms with Crippen LogP contribution in [0.15, 0.2) is 24.3 Å². The van der Waals surface area contributed by atoms with Gasteiger partial charge in [0.25, 0.3) is 0 Å². The smallest absolute Gasteiger partial charge is 0.174 e. The van der Waals surface area contributed by atoms with Crippen molar-refractivity contribution < 1.29 is 9.47 Å². The Hall–Kier alpha value is -1.57. The van der Waals surface area contributed by atoms with Crippen LogP contribution in [-0.4, -0.2) is 26.4 Å². The minimum absolute atomic E-state index is 0.0852. The molecule has 0 unspecified atom stereocenters. The summed E-state index contributed by atoms with van der Waals surface area (Å²) in [5.74, 6) is 0.777. The molecule has 0 atom stereocenters. The van der Waals surface area contributed by atoms with Crippen LogP contribution in [0.4, 0.5) is 0 Å². The average Bonchev–Trinajstić information content (AvgIpc) is 2.45. The number of nitrogens with one attached hydrogen (secondary N) is 1. The normalized spacial score (nSPS) is 10.1. The van der Waals surface area contributed by atoms with Gasteiger partial charge in [0.05, 0.1) is 0 Å². The van der Waals surface area contributed by atoms with E-state index >= 15 is 0 Å². The molecular weight excluding hydrogens is 240 g/mol. The quantitative estimate of drug-likeness (QED) is 0.658. The first-order chi connectivity index (χ1) is 9.38. The van der Waals surface area contributed by atoms with Crippen LogP contribution in [0.3, 0.4) is 0 Å². The largest absolute Gasteiger partial charge is 0.478 e. The van der Waals surface area contributed by atoms with Crippen LogP contribution in [-0.2, 0) is 11.3 Å². The lowest BCUT2D eigenvalue weighted by Crippen LogP contribution is -2.17. The number of para-hydroxylation sites is 1. The monoisotopic (exact) mass is 262 g/mol. The molecule has 0 aliphatic heterocycles. The molecule has 0 fully saturated rings. The maximum atomic E-state index is 8.53. The zero-order chi connectivity index (χ0) is 13.8. The van der Waals surface area contributed by atoms with E-state index < -0.39 is 0 Å². The first-order valence-corrected chi connectivity index (χ1v) is 6.74. The Kier molecular flexibility index (Phi) is 8.45.